The standard InChI is InChI=1S/C26H18N4O4S/c31-21-15-19(10-13-30(21)16-17-5-2-1-3-6-17)23(32)24-22(20-7-4-14-34-20)28-26(35-24)29-25(33)18-8-11-27-12-9-18/h1-15H,16H2,(H,28,29,33). The number of aromatic nitrogens is 3. The van der Waals surface area contributed by atoms with Crippen LogP contribution in [0, 0.1) is 0 Å². The molecule has 0 unspecified atom stereocenters. The minimum absolute atomic E-state index is 0.225. The number of carbonyl (C=O) groups is 2. The molecule has 0 radical (unpaired) electrons. The van der Waals surface area contributed by atoms with E-state index < -0.39 is 0 Å². The van der Waals surface area contributed by atoms with Crippen molar-refractivity contribution in [1.82, 2.24) is 14.5 Å². The highest BCUT2D eigenvalue weighted by molar-refractivity contribution is 7.18. The summed E-state index contributed by atoms with van der Waals surface area (Å²) in [6.07, 6.45) is 6.10. The van der Waals surface area contributed by atoms with Crippen molar-refractivity contribution in [1.29, 1.82) is 0 Å². The highest BCUT2D eigenvalue weighted by atomic mass is 32.1. The molecule has 35 heavy (non-hydrogen) atoms. The summed E-state index contributed by atoms with van der Waals surface area (Å²) in [5, 5.41) is 2.95. The Hall–Kier alpha value is -4.63. The van der Waals surface area contributed by atoms with Crippen molar-refractivity contribution in [3.63, 3.8) is 0 Å². The van der Waals surface area contributed by atoms with Gasteiger partial charge in [0.15, 0.2) is 10.9 Å². The van der Waals surface area contributed by atoms with E-state index in [1.54, 1.807) is 36.5 Å². The van der Waals surface area contributed by atoms with Crippen LogP contribution in [0.1, 0.15) is 31.2 Å². The van der Waals surface area contributed by atoms with Crippen LogP contribution in [0.5, 0.6) is 0 Å². The number of ketones is 1. The van der Waals surface area contributed by atoms with Gasteiger partial charge in [0.2, 0.25) is 5.78 Å². The first kappa shape index (κ1) is 22.2. The summed E-state index contributed by atoms with van der Waals surface area (Å²) in [6, 6.07) is 19.0. The summed E-state index contributed by atoms with van der Waals surface area (Å²) in [5.41, 5.74) is 1.61. The Kier molecular flexibility index (Phi) is 6.15. The Morgan fingerprint density at radius 1 is 0.971 bits per heavy atom. The van der Waals surface area contributed by atoms with E-state index in [0.29, 0.717) is 23.6 Å². The first-order valence-corrected chi connectivity index (χ1v) is 11.5. The van der Waals surface area contributed by atoms with E-state index in [9.17, 15) is 14.4 Å². The second-order valence-electron chi connectivity index (χ2n) is 7.56. The lowest BCUT2D eigenvalue weighted by Gasteiger charge is -2.07. The average Bonchev–Trinajstić information content (AvgIpc) is 3.56. The molecule has 8 nitrogen and oxygen atoms in total. The van der Waals surface area contributed by atoms with Gasteiger partial charge in [0.25, 0.3) is 11.5 Å². The van der Waals surface area contributed by atoms with Crippen molar-refractivity contribution >= 4 is 28.2 Å². The van der Waals surface area contributed by atoms with Crippen molar-refractivity contribution in [3.05, 3.63) is 124 Å². The Morgan fingerprint density at radius 3 is 2.49 bits per heavy atom. The number of amides is 1. The van der Waals surface area contributed by atoms with E-state index >= 15 is 0 Å². The minimum atomic E-state index is -0.387. The van der Waals surface area contributed by atoms with Crippen LogP contribution in [0.3, 0.4) is 0 Å². The average molecular weight is 483 g/mol. The van der Waals surface area contributed by atoms with Crippen LogP contribution in [0.2, 0.25) is 0 Å². The number of rotatable bonds is 7. The molecule has 0 saturated heterocycles. The summed E-state index contributed by atoms with van der Waals surface area (Å²) in [7, 11) is 0. The molecule has 0 aliphatic carbocycles. The SMILES string of the molecule is O=C(Nc1nc(-c2ccco2)c(C(=O)c2ccn(Cc3ccccc3)c(=O)c2)s1)c1ccncc1. The van der Waals surface area contributed by atoms with Gasteiger partial charge in [-0.05, 0) is 35.9 Å². The number of anilines is 1. The quantitative estimate of drug-likeness (QED) is 0.343. The Balaban J connectivity index is 1.45. The maximum absolute atomic E-state index is 13.4. The number of nitrogens with one attached hydrogen (secondary N) is 1. The molecule has 172 valence electrons. The molecule has 1 amide bonds. The first-order valence-electron chi connectivity index (χ1n) is 10.6. The fraction of sp³-hybridized carbons (Fsp3) is 0.0385. The van der Waals surface area contributed by atoms with Gasteiger partial charge in [-0.15, -0.1) is 0 Å². The van der Waals surface area contributed by atoms with E-state index in [-0.39, 0.29) is 32.8 Å². The van der Waals surface area contributed by atoms with Crippen LogP contribution >= 0.6 is 11.3 Å². The van der Waals surface area contributed by atoms with Crippen LogP contribution in [-0.4, -0.2) is 26.2 Å². The number of hydrogen-bond donors (Lipinski definition) is 1. The molecule has 5 rings (SSSR count). The van der Waals surface area contributed by atoms with Gasteiger partial charge in [0.05, 0.1) is 12.8 Å². The monoisotopic (exact) mass is 482 g/mol. The third kappa shape index (κ3) is 4.85. The number of pyridine rings is 2. The number of nitrogens with zero attached hydrogens (tertiary/aromatic N) is 3. The molecule has 4 heterocycles. The third-order valence-corrected chi connectivity index (χ3v) is 6.17. The molecular formula is C26H18N4O4S. The highest BCUT2D eigenvalue weighted by Crippen LogP contribution is 2.33. The number of furan rings is 1. The molecule has 0 fully saturated rings. The maximum atomic E-state index is 13.4. The van der Waals surface area contributed by atoms with Gasteiger partial charge in [0, 0.05) is 35.8 Å². The molecule has 5 aromatic rings. The van der Waals surface area contributed by atoms with Gasteiger partial charge >= 0.3 is 0 Å². The summed E-state index contributed by atoms with van der Waals surface area (Å²) >= 11 is 1.02. The zero-order valence-corrected chi connectivity index (χ0v) is 19.1. The van der Waals surface area contributed by atoms with E-state index in [1.165, 1.54) is 29.3 Å². The van der Waals surface area contributed by atoms with E-state index in [1.807, 2.05) is 30.3 Å². The van der Waals surface area contributed by atoms with Gasteiger partial charge in [0.1, 0.15) is 10.6 Å². The predicted molar refractivity (Wildman–Crippen MR) is 132 cm³/mol. The Morgan fingerprint density at radius 2 is 1.77 bits per heavy atom. The van der Waals surface area contributed by atoms with Crippen molar-refractivity contribution in [3.8, 4) is 11.5 Å². The van der Waals surface area contributed by atoms with Crippen LogP contribution < -0.4 is 10.9 Å². The molecule has 1 N–H and O–H groups in total. The molecule has 4 aromatic heterocycles. The largest absolute Gasteiger partial charge is 0.463 e. The lowest BCUT2D eigenvalue weighted by Crippen LogP contribution is -2.21. The van der Waals surface area contributed by atoms with Crippen molar-refractivity contribution in [2.24, 2.45) is 0 Å². The van der Waals surface area contributed by atoms with Crippen molar-refractivity contribution < 1.29 is 14.0 Å². The second-order valence-corrected chi connectivity index (χ2v) is 8.56. The topological polar surface area (TPSA) is 107 Å². The summed E-state index contributed by atoms with van der Waals surface area (Å²) in [5.74, 6) is -0.386. The molecular weight excluding hydrogens is 464 g/mol. The lowest BCUT2D eigenvalue weighted by atomic mass is 10.1. The van der Waals surface area contributed by atoms with Gasteiger partial charge < -0.3 is 8.98 Å². The smallest absolute Gasteiger partial charge is 0.257 e. The maximum Gasteiger partial charge on any atom is 0.257 e. The third-order valence-electron chi connectivity index (χ3n) is 5.20. The lowest BCUT2D eigenvalue weighted by molar-refractivity contribution is 0.102. The van der Waals surface area contributed by atoms with Crippen LogP contribution in [0.15, 0.2) is 101 Å². The zero-order valence-electron chi connectivity index (χ0n) is 18.3. The molecule has 0 aliphatic rings. The van der Waals surface area contributed by atoms with E-state index in [0.717, 1.165) is 16.9 Å². The molecule has 0 atom stereocenters. The summed E-state index contributed by atoms with van der Waals surface area (Å²) in [4.78, 5) is 47.3. The van der Waals surface area contributed by atoms with Crippen molar-refractivity contribution in [2.75, 3.05) is 5.32 Å². The van der Waals surface area contributed by atoms with Crippen LogP contribution in [0.25, 0.3) is 11.5 Å². The number of benzene rings is 1. The minimum Gasteiger partial charge on any atom is -0.463 e. The van der Waals surface area contributed by atoms with E-state index in [4.69, 9.17) is 4.42 Å². The zero-order chi connectivity index (χ0) is 24.2. The normalized spacial score (nSPS) is 10.7. The number of thiazole rings is 1. The summed E-state index contributed by atoms with van der Waals surface area (Å²) < 4.78 is 7.00. The first-order chi connectivity index (χ1) is 17.1. The molecule has 0 aliphatic heterocycles. The van der Waals surface area contributed by atoms with Crippen LogP contribution in [0.4, 0.5) is 5.13 Å². The predicted octanol–water partition coefficient (Wildman–Crippen LogP) is 4.49. The molecule has 0 saturated carbocycles. The van der Waals surface area contributed by atoms with Crippen molar-refractivity contribution in [2.45, 2.75) is 6.54 Å². The van der Waals surface area contributed by atoms with E-state index in [2.05, 4.69) is 15.3 Å². The van der Waals surface area contributed by atoms with Gasteiger partial charge in [-0.3, -0.25) is 24.7 Å². The molecule has 9 heteroatoms. The highest BCUT2D eigenvalue weighted by Gasteiger charge is 2.24. The van der Waals surface area contributed by atoms with Gasteiger partial charge in [-0.1, -0.05) is 41.7 Å². The Bertz CT molecular complexity index is 1540. The molecule has 1 aromatic carbocycles. The fourth-order valence-electron chi connectivity index (χ4n) is 3.47. The number of carbonyl (C=O) groups excluding carboxylic acids is 2. The number of hydrogen-bond acceptors (Lipinski definition) is 7. The van der Waals surface area contributed by atoms with Gasteiger partial charge in [-0.25, -0.2) is 4.98 Å². The summed E-state index contributed by atoms with van der Waals surface area (Å²) in [6.45, 7) is 0.400. The van der Waals surface area contributed by atoms with Gasteiger partial charge in [-0.2, -0.15) is 0 Å². The molecule has 0 bridgehead atoms. The second kappa shape index (κ2) is 9.70. The Labute approximate surface area is 203 Å². The van der Waals surface area contributed by atoms with Crippen LogP contribution in [-0.2, 0) is 6.54 Å². The molecule has 0 spiro atoms. The fourth-order valence-corrected chi connectivity index (χ4v) is 4.40.